The van der Waals surface area contributed by atoms with Gasteiger partial charge in [-0.3, -0.25) is 0 Å². The van der Waals surface area contributed by atoms with Crippen LogP contribution in [0.5, 0.6) is 0 Å². The fraction of sp³-hybridized carbons (Fsp3) is 0.429. The summed E-state index contributed by atoms with van der Waals surface area (Å²) in [5.74, 6) is 0. The van der Waals surface area contributed by atoms with E-state index in [1.807, 2.05) is 17.8 Å². The summed E-state index contributed by atoms with van der Waals surface area (Å²) < 4.78 is 10.6. The molecule has 0 aliphatic carbocycles. The maximum Gasteiger partial charge on any atom is 0.183 e. The van der Waals surface area contributed by atoms with Gasteiger partial charge in [0.05, 0.1) is 0 Å². The van der Waals surface area contributed by atoms with Gasteiger partial charge in [-0.2, -0.15) is 0 Å². The lowest BCUT2D eigenvalue weighted by Gasteiger charge is -2.20. The Bertz CT molecular complexity index is 386. The topological polar surface area (TPSA) is 18.5 Å². The van der Waals surface area contributed by atoms with Gasteiger partial charge in [0.1, 0.15) is 0 Å². The average molecular weight is 250 g/mol. The summed E-state index contributed by atoms with van der Waals surface area (Å²) >= 11 is 1.89. The van der Waals surface area contributed by atoms with E-state index in [4.69, 9.17) is 9.47 Å². The molecule has 0 N–H and O–H groups in total. The first-order valence-corrected chi connectivity index (χ1v) is 6.75. The second-order valence-electron chi connectivity index (χ2n) is 4.05. The first kappa shape index (κ1) is 12.7. The molecule has 0 saturated carbocycles. The van der Waals surface area contributed by atoms with E-state index < -0.39 is 0 Å². The number of ether oxygens (including phenoxy) is 2. The average Bonchev–Trinajstić information content (AvgIpc) is 2.42. The summed E-state index contributed by atoms with van der Waals surface area (Å²) in [6.07, 6.45) is 4.34. The zero-order valence-electron chi connectivity index (χ0n) is 10.3. The molecule has 1 aliphatic rings. The fourth-order valence-corrected chi connectivity index (χ4v) is 3.07. The maximum atomic E-state index is 5.28. The van der Waals surface area contributed by atoms with E-state index in [-0.39, 0.29) is 6.29 Å². The molecular weight excluding hydrogens is 232 g/mol. The molecule has 3 heteroatoms. The summed E-state index contributed by atoms with van der Waals surface area (Å²) in [6.45, 7) is 0. The molecule has 2 rings (SSSR count). The third-order valence-electron chi connectivity index (χ3n) is 2.92. The molecule has 1 aromatic carbocycles. The minimum absolute atomic E-state index is 0.265. The summed E-state index contributed by atoms with van der Waals surface area (Å²) in [5, 5.41) is 2.76. The van der Waals surface area contributed by atoms with Crippen LogP contribution in [0, 0.1) is 0 Å². The third kappa shape index (κ3) is 3.12. The van der Waals surface area contributed by atoms with Crippen LogP contribution in [0.4, 0.5) is 0 Å². The Labute approximate surface area is 107 Å². The molecule has 2 nitrogen and oxygen atoms in total. The van der Waals surface area contributed by atoms with Crippen LogP contribution in [0.1, 0.15) is 35.5 Å². The third-order valence-corrected chi connectivity index (χ3v) is 4.10. The largest absolute Gasteiger partial charge is 0.352 e. The van der Waals surface area contributed by atoms with Crippen molar-refractivity contribution >= 4 is 11.8 Å². The lowest BCUT2D eigenvalue weighted by molar-refractivity contribution is -0.106. The Morgan fingerprint density at radius 1 is 1.29 bits per heavy atom. The van der Waals surface area contributed by atoms with Crippen molar-refractivity contribution in [1.29, 1.82) is 0 Å². The molecule has 0 radical (unpaired) electrons. The highest BCUT2D eigenvalue weighted by Crippen LogP contribution is 2.38. The van der Waals surface area contributed by atoms with Gasteiger partial charge < -0.3 is 9.47 Å². The molecule has 0 saturated heterocycles. The van der Waals surface area contributed by atoms with Crippen molar-refractivity contribution in [3.05, 3.63) is 46.9 Å². The van der Waals surface area contributed by atoms with Gasteiger partial charge in [-0.05, 0) is 29.9 Å². The van der Waals surface area contributed by atoms with Crippen LogP contribution in [0.2, 0.25) is 0 Å². The number of rotatable bonds is 4. The van der Waals surface area contributed by atoms with Crippen LogP contribution in [-0.2, 0) is 9.47 Å². The zero-order valence-corrected chi connectivity index (χ0v) is 11.1. The maximum absolute atomic E-state index is 5.28. The molecule has 0 spiro atoms. The molecule has 0 aromatic heterocycles. The molecule has 0 bridgehead atoms. The standard InChI is InChI=1S/C14H18O2S/c1-15-14(16-2)12-7-5-6-11(10-12)13-8-3-4-9-17-13/h4-7,9-10,13-14H,3,8H2,1-2H3. The summed E-state index contributed by atoms with van der Waals surface area (Å²) in [5.41, 5.74) is 2.44. The van der Waals surface area contributed by atoms with E-state index in [1.165, 1.54) is 18.4 Å². The highest BCUT2D eigenvalue weighted by molar-refractivity contribution is 8.02. The van der Waals surface area contributed by atoms with Crippen molar-refractivity contribution in [3.8, 4) is 0 Å². The van der Waals surface area contributed by atoms with Crippen LogP contribution < -0.4 is 0 Å². The fourth-order valence-electron chi connectivity index (χ4n) is 2.05. The predicted octanol–water partition coefficient (Wildman–Crippen LogP) is 4.06. The van der Waals surface area contributed by atoms with Crippen molar-refractivity contribution in [1.82, 2.24) is 0 Å². The summed E-state index contributed by atoms with van der Waals surface area (Å²) in [4.78, 5) is 0. The smallest absolute Gasteiger partial charge is 0.183 e. The molecular formula is C14H18O2S. The van der Waals surface area contributed by atoms with E-state index in [1.54, 1.807) is 14.2 Å². The molecule has 92 valence electrons. The molecule has 1 aromatic rings. The van der Waals surface area contributed by atoms with Gasteiger partial charge >= 0.3 is 0 Å². The van der Waals surface area contributed by atoms with E-state index in [0.29, 0.717) is 5.25 Å². The zero-order chi connectivity index (χ0) is 12.1. The van der Waals surface area contributed by atoms with E-state index in [0.717, 1.165) is 5.56 Å². The Morgan fingerprint density at radius 2 is 2.12 bits per heavy atom. The van der Waals surface area contributed by atoms with Gasteiger partial charge in [-0.15, -0.1) is 11.8 Å². The lowest BCUT2D eigenvalue weighted by Crippen LogP contribution is -2.05. The second-order valence-corrected chi connectivity index (χ2v) is 5.16. The van der Waals surface area contributed by atoms with Crippen molar-refractivity contribution in [2.45, 2.75) is 24.4 Å². The number of benzene rings is 1. The van der Waals surface area contributed by atoms with Gasteiger partial charge in [-0.25, -0.2) is 0 Å². The quantitative estimate of drug-likeness (QED) is 0.751. The van der Waals surface area contributed by atoms with Crippen molar-refractivity contribution in [2.75, 3.05) is 14.2 Å². The minimum Gasteiger partial charge on any atom is -0.352 e. The Balaban J connectivity index is 2.18. The van der Waals surface area contributed by atoms with Gasteiger partial charge in [0, 0.05) is 25.0 Å². The first-order chi connectivity index (χ1) is 8.35. The Hall–Kier alpha value is -0.770. The van der Waals surface area contributed by atoms with Gasteiger partial charge in [0.15, 0.2) is 6.29 Å². The number of thioether (sulfide) groups is 1. The van der Waals surface area contributed by atoms with Crippen LogP contribution in [0.3, 0.4) is 0 Å². The highest BCUT2D eigenvalue weighted by atomic mass is 32.2. The Kier molecular flexibility index (Phi) is 4.66. The molecule has 1 heterocycles. The molecule has 1 atom stereocenters. The molecule has 0 amide bonds. The van der Waals surface area contributed by atoms with Crippen molar-refractivity contribution in [3.63, 3.8) is 0 Å². The Morgan fingerprint density at radius 3 is 2.76 bits per heavy atom. The molecule has 1 aliphatic heterocycles. The summed E-state index contributed by atoms with van der Waals surface area (Å²) in [6, 6.07) is 8.50. The van der Waals surface area contributed by atoms with Gasteiger partial charge in [0.25, 0.3) is 0 Å². The van der Waals surface area contributed by atoms with Crippen LogP contribution in [0.15, 0.2) is 35.7 Å². The second kappa shape index (κ2) is 6.24. The van der Waals surface area contributed by atoms with Crippen LogP contribution in [-0.4, -0.2) is 14.2 Å². The lowest BCUT2D eigenvalue weighted by atomic mass is 10.0. The van der Waals surface area contributed by atoms with E-state index >= 15 is 0 Å². The monoisotopic (exact) mass is 250 g/mol. The molecule has 1 unspecified atom stereocenters. The van der Waals surface area contributed by atoms with Crippen molar-refractivity contribution in [2.24, 2.45) is 0 Å². The van der Waals surface area contributed by atoms with Crippen LogP contribution in [0.25, 0.3) is 0 Å². The van der Waals surface area contributed by atoms with Gasteiger partial charge in [-0.1, -0.05) is 24.3 Å². The normalized spacial score (nSPS) is 19.8. The van der Waals surface area contributed by atoms with E-state index in [2.05, 4.69) is 29.7 Å². The highest BCUT2D eigenvalue weighted by Gasteiger charge is 2.15. The number of hydrogen-bond donors (Lipinski definition) is 0. The van der Waals surface area contributed by atoms with E-state index in [9.17, 15) is 0 Å². The number of hydrogen-bond acceptors (Lipinski definition) is 3. The number of allylic oxidation sites excluding steroid dienone is 1. The number of methoxy groups -OCH3 is 2. The van der Waals surface area contributed by atoms with Gasteiger partial charge in [0.2, 0.25) is 0 Å². The minimum atomic E-state index is -0.265. The molecule has 0 fully saturated rings. The predicted molar refractivity (Wildman–Crippen MR) is 71.9 cm³/mol. The van der Waals surface area contributed by atoms with Crippen molar-refractivity contribution < 1.29 is 9.47 Å². The first-order valence-electron chi connectivity index (χ1n) is 5.81. The van der Waals surface area contributed by atoms with Crippen LogP contribution >= 0.6 is 11.8 Å². The SMILES string of the molecule is COC(OC)c1cccc(C2CCC=CS2)c1. The molecule has 17 heavy (non-hydrogen) atoms. The summed E-state index contributed by atoms with van der Waals surface area (Å²) in [7, 11) is 3.33.